The van der Waals surface area contributed by atoms with E-state index in [1.165, 1.54) is 0 Å². The maximum absolute atomic E-state index is 9.16. The van der Waals surface area contributed by atoms with Gasteiger partial charge < -0.3 is 0 Å². The van der Waals surface area contributed by atoms with E-state index in [2.05, 4.69) is 0 Å². The molecular formula is CoN2O4+. The Kier molecular flexibility index (Phi) is 2.23. The Balaban J connectivity index is 3.32. The average molecular weight is 151 g/mol. The first-order valence-electron chi connectivity index (χ1n) is 1.03. The van der Waals surface area contributed by atoms with Crippen LogP contribution in [0, 0.1) is 20.2 Å². The zero-order chi connectivity index (χ0) is 5.86. The Bertz CT molecular complexity index is 85.9. The van der Waals surface area contributed by atoms with Gasteiger partial charge in [0.2, 0.25) is 0 Å². The molecule has 0 aliphatic rings. The zero-order valence-electron chi connectivity index (χ0n) is 2.86. The summed E-state index contributed by atoms with van der Waals surface area (Å²) in [6, 6.07) is 0. The minimum absolute atomic E-state index is 0.951. The van der Waals surface area contributed by atoms with Gasteiger partial charge in [0.05, 0.1) is 0 Å². The predicted octanol–water partition coefficient (Wildman–Crippen LogP) is -0.548. The molecule has 0 aromatic carbocycles. The molecule has 0 rings (SSSR count). The molecule has 0 amide bonds. The van der Waals surface area contributed by atoms with Gasteiger partial charge in [0.1, 0.15) is 0 Å². The van der Waals surface area contributed by atoms with Gasteiger partial charge in [-0.2, -0.15) is 0 Å². The SMILES string of the molecule is O=[N+]([O-])[Co+][N+](=O)[O-]. The molecule has 7 heteroatoms. The number of nitro groups is 2. The third-order valence-electron chi connectivity index (χ3n) is 0.109. The summed E-state index contributed by atoms with van der Waals surface area (Å²) in [4.78, 5) is 18.3. The van der Waals surface area contributed by atoms with Gasteiger partial charge in [0.25, 0.3) is 0 Å². The van der Waals surface area contributed by atoms with Crippen molar-refractivity contribution in [2.75, 3.05) is 0 Å². The van der Waals surface area contributed by atoms with Crippen molar-refractivity contribution in [3.05, 3.63) is 20.2 Å². The molecule has 0 aliphatic heterocycles. The molecule has 0 radical (unpaired) electrons. The minimum atomic E-state index is -1.03. The quantitative estimate of drug-likeness (QED) is 0.391. The van der Waals surface area contributed by atoms with Crippen molar-refractivity contribution in [3.8, 4) is 0 Å². The first-order valence-corrected chi connectivity index (χ1v) is 1.96. The van der Waals surface area contributed by atoms with Crippen molar-refractivity contribution in [1.82, 2.24) is 0 Å². The second-order valence-electron chi connectivity index (χ2n) is 0.459. The van der Waals surface area contributed by atoms with Crippen molar-refractivity contribution < 1.29 is 23.1 Å². The number of hydrogen-bond donors (Lipinski definition) is 0. The molecular weight excluding hydrogens is 151 g/mol. The fourth-order valence-electron chi connectivity index (χ4n) is 0.0444. The fraction of sp³-hybridized carbons (Fsp3) is 0. The summed E-state index contributed by atoms with van der Waals surface area (Å²) in [5, 5.41) is 18.3. The second kappa shape index (κ2) is 2.47. The van der Waals surface area contributed by atoms with Crippen LogP contribution in [0.4, 0.5) is 0 Å². The van der Waals surface area contributed by atoms with E-state index in [0.717, 1.165) is 0 Å². The molecule has 0 atom stereocenters. The van der Waals surface area contributed by atoms with Crippen LogP contribution in [0.25, 0.3) is 0 Å². The summed E-state index contributed by atoms with van der Waals surface area (Å²) in [7, 11) is 0. The number of nitrogens with zero attached hydrogens (tertiary/aromatic N) is 2. The Hall–Kier alpha value is -0.694. The second-order valence-corrected chi connectivity index (χ2v) is 1.43. The van der Waals surface area contributed by atoms with E-state index in [1.54, 1.807) is 0 Å². The monoisotopic (exact) mass is 151 g/mol. The van der Waals surface area contributed by atoms with E-state index >= 15 is 0 Å². The molecule has 0 heterocycles. The Labute approximate surface area is 44.2 Å². The van der Waals surface area contributed by atoms with E-state index in [1.807, 2.05) is 0 Å². The van der Waals surface area contributed by atoms with Gasteiger partial charge in [-0.25, -0.2) is 0 Å². The molecule has 0 saturated heterocycles. The summed E-state index contributed by atoms with van der Waals surface area (Å²) < 4.78 is -2.06. The van der Waals surface area contributed by atoms with Crippen molar-refractivity contribution in [2.45, 2.75) is 0 Å². The van der Waals surface area contributed by atoms with Crippen molar-refractivity contribution >= 4 is 0 Å². The van der Waals surface area contributed by atoms with Crippen LogP contribution in [0.1, 0.15) is 0 Å². The van der Waals surface area contributed by atoms with Gasteiger partial charge in [-0.15, -0.1) is 0 Å². The van der Waals surface area contributed by atoms with E-state index in [4.69, 9.17) is 20.2 Å². The van der Waals surface area contributed by atoms with Crippen LogP contribution in [-0.4, -0.2) is 7.94 Å². The van der Waals surface area contributed by atoms with Crippen molar-refractivity contribution in [1.29, 1.82) is 0 Å². The van der Waals surface area contributed by atoms with Gasteiger partial charge in [0, 0.05) is 0 Å². The van der Waals surface area contributed by atoms with Crippen LogP contribution in [0.3, 0.4) is 0 Å². The molecule has 0 unspecified atom stereocenters. The molecule has 42 valence electrons. The topological polar surface area (TPSA) is 86.3 Å². The van der Waals surface area contributed by atoms with E-state index in [9.17, 15) is 0 Å². The average Bonchev–Trinajstić information content (AvgIpc) is 1.27. The van der Waals surface area contributed by atoms with Crippen LogP contribution >= 0.6 is 0 Å². The summed E-state index contributed by atoms with van der Waals surface area (Å²) >= 11 is -0.951. The van der Waals surface area contributed by atoms with Gasteiger partial charge >= 0.3 is 43.3 Å². The summed E-state index contributed by atoms with van der Waals surface area (Å²) in [6.07, 6.45) is 0. The Morgan fingerprint density at radius 2 is 1.43 bits per heavy atom. The molecule has 0 aromatic rings. The van der Waals surface area contributed by atoms with Crippen LogP contribution in [0.2, 0.25) is 0 Å². The summed E-state index contributed by atoms with van der Waals surface area (Å²) in [5.41, 5.74) is 0. The van der Waals surface area contributed by atoms with Crippen molar-refractivity contribution in [2.24, 2.45) is 0 Å². The Morgan fingerprint density at radius 1 is 1.14 bits per heavy atom. The summed E-state index contributed by atoms with van der Waals surface area (Å²) in [6.45, 7) is 0. The van der Waals surface area contributed by atoms with E-state index < -0.39 is 23.1 Å². The van der Waals surface area contributed by atoms with E-state index in [0.29, 0.717) is 0 Å². The van der Waals surface area contributed by atoms with Crippen LogP contribution in [0.15, 0.2) is 0 Å². The standard InChI is InChI=1S/Co.2NO2/c;2*2-1-3/q+1;;. The Morgan fingerprint density at radius 3 is 1.43 bits per heavy atom. The molecule has 0 aromatic heterocycles. The van der Waals surface area contributed by atoms with Crippen LogP contribution in [0.5, 0.6) is 0 Å². The summed E-state index contributed by atoms with van der Waals surface area (Å²) in [5.74, 6) is 0. The maximum atomic E-state index is 9.16. The van der Waals surface area contributed by atoms with Crippen LogP contribution < -0.4 is 0 Å². The molecule has 7 heavy (non-hydrogen) atoms. The normalized spacial score (nSPS) is 8.57. The molecule has 6 nitrogen and oxygen atoms in total. The van der Waals surface area contributed by atoms with Gasteiger partial charge in [0.15, 0.2) is 0 Å². The van der Waals surface area contributed by atoms with Crippen LogP contribution in [-0.2, 0) is 15.1 Å². The van der Waals surface area contributed by atoms with Crippen molar-refractivity contribution in [3.63, 3.8) is 0 Å². The number of rotatable bonds is 2. The first kappa shape index (κ1) is 6.31. The van der Waals surface area contributed by atoms with Gasteiger partial charge in [-0.1, -0.05) is 0 Å². The molecule has 0 aliphatic carbocycles. The molecule has 0 spiro atoms. The fourth-order valence-corrected chi connectivity index (χ4v) is 0.183. The van der Waals surface area contributed by atoms with Gasteiger partial charge in [-0.3, -0.25) is 0 Å². The zero-order valence-corrected chi connectivity index (χ0v) is 3.90. The molecule has 0 bridgehead atoms. The van der Waals surface area contributed by atoms with Gasteiger partial charge in [-0.05, 0) is 0 Å². The predicted molar refractivity (Wildman–Crippen MR) is 14.0 cm³/mol. The third kappa shape index (κ3) is 5.31. The first-order chi connectivity index (χ1) is 3.13. The number of hydrogen-bond acceptors (Lipinski definition) is 4. The third-order valence-corrected chi connectivity index (χ3v) is 0.449. The molecule has 0 fully saturated rings. The molecule has 0 N–H and O–H groups in total. The molecule has 0 saturated carbocycles. The van der Waals surface area contributed by atoms with E-state index in [-0.39, 0.29) is 0 Å².